The average molecular weight is 375 g/mol. The average Bonchev–Trinajstić information content (AvgIpc) is 2.97. The molecule has 0 saturated carbocycles. The third-order valence-electron chi connectivity index (χ3n) is 4.71. The maximum Gasteiger partial charge on any atom is 0.266 e. The number of nitrogens with one attached hydrogen (secondary N) is 2. The number of aromatic amines is 1. The molecule has 1 fully saturated rings. The number of H-pyrrole nitrogens is 1. The summed E-state index contributed by atoms with van der Waals surface area (Å²) in [7, 11) is 0. The molecular weight excluding hydrogens is 350 g/mol. The molecule has 0 bridgehead atoms. The zero-order valence-electron chi connectivity index (χ0n) is 15.4. The zero-order chi connectivity index (χ0) is 18.9. The van der Waals surface area contributed by atoms with E-state index in [4.69, 9.17) is 16.6 Å². The van der Waals surface area contributed by atoms with Crippen LogP contribution in [0.5, 0.6) is 0 Å². The number of benzene rings is 1. The Bertz CT molecular complexity index is 878. The largest absolute Gasteiger partial charge is 0.429 e. The summed E-state index contributed by atoms with van der Waals surface area (Å²) < 4.78 is 5.40. The predicted molar refractivity (Wildman–Crippen MR) is 102 cm³/mol. The Labute approximate surface area is 157 Å². The lowest BCUT2D eigenvalue weighted by molar-refractivity contribution is -0.128. The van der Waals surface area contributed by atoms with E-state index in [9.17, 15) is 9.59 Å². The van der Waals surface area contributed by atoms with Gasteiger partial charge < -0.3 is 19.6 Å². The first-order valence-electron chi connectivity index (χ1n) is 8.94. The molecule has 26 heavy (non-hydrogen) atoms. The topological polar surface area (TPSA) is 78.3 Å². The highest BCUT2D eigenvalue weighted by Crippen LogP contribution is 2.21. The zero-order valence-corrected chi connectivity index (χ0v) is 16.2. The van der Waals surface area contributed by atoms with E-state index in [0.717, 1.165) is 24.9 Å². The van der Waals surface area contributed by atoms with Gasteiger partial charge in [-0.2, -0.15) is 0 Å². The van der Waals surface area contributed by atoms with E-state index < -0.39 is 5.41 Å². The van der Waals surface area contributed by atoms with Crippen molar-refractivity contribution in [2.45, 2.75) is 33.6 Å². The molecule has 1 saturated heterocycles. The summed E-state index contributed by atoms with van der Waals surface area (Å²) in [4.78, 5) is 30.0. The van der Waals surface area contributed by atoms with E-state index in [2.05, 4.69) is 10.3 Å². The number of hydrogen-bond acceptors (Lipinski definition) is 4. The summed E-state index contributed by atoms with van der Waals surface area (Å²) in [5.74, 6) is 0.306. The first-order valence-corrected chi connectivity index (χ1v) is 9.35. The molecule has 2 aromatic rings. The second kappa shape index (κ2) is 7.23. The van der Waals surface area contributed by atoms with E-state index in [1.54, 1.807) is 12.1 Å². The molecule has 6 nitrogen and oxygen atoms in total. The number of hydrogen-bond donors (Lipinski definition) is 2. The Kier molecular flexibility index (Phi) is 5.18. The second-order valence-corrected chi connectivity index (χ2v) is 8.32. The van der Waals surface area contributed by atoms with Gasteiger partial charge in [-0.15, -0.1) is 0 Å². The molecule has 1 aliphatic heterocycles. The SMILES string of the molecule is CC(C)(C)C(=O)NC[C@@H]1CCCN(C(=O)c2ccc3[nH]c(=S)oc3c2)C1. The van der Waals surface area contributed by atoms with Crippen LogP contribution < -0.4 is 5.32 Å². The van der Waals surface area contributed by atoms with Gasteiger partial charge in [-0.1, -0.05) is 20.8 Å². The second-order valence-electron chi connectivity index (χ2n) is 7.94. The maximum absolute atomic E-state index is 12.9. The fourth-order valence-electron chi connectivity index (χ4n) is 3.18. The van der Waals surface area contributed by atoms with Crippen LogP contribution in [0.2, 0.25) is 0 Å². The Morgan fingerprint density at radius 1 is 1.38 bits per heavy atom. The van der Waals surface area contributed by atoms with Crippen molar-refractivity contribution in [2.24, 2.45) is 11.3 Å². The molecule has 140 valence electrons. The minimum absolute atomic E-state index is 0.0129. The van der Waals surface area contributed by atoms with Crippen molar-refractivity contribution < 1.29 is 14.0 Å². The Morgan fingerprint density at radius 2 is 2.15 bits per heavy atom. The van der Waals surface area contributed by atoms with Gasteiger partial charge >= 0.3 is 0 Å². The highest BCUT2D eigenvalue weighted by Gasteiger charge is 2.27. The van der Waals surface area contributed by atoms with Crippen molar-refractivity contribution in [2.75, 3.05) is 19.6 Å². The molecule has 0 aliphatic carbocycles. The van der Waals surface area contributed by atoms with E-state index in [1.165, 1.54) is 0 Å². The van der Waals surface area contributed by atoms with Crippen LogP contribution in [0.4, 0.5) is 0 Å². The number of rotatable bonds is 3. The molecule has 0 unspecified atom stereocenters. The smallest absolute Gasteiger partial charge is 0.266 e. The lowest BCUT2D eigenvalue weighted by Crippen LogP contribution is -2.45. The summed E-state index contributed by atoms with van der Waals surface area (Å²) in [6.07, 6.45) is 1.95. The van der Waals surface area contributed by atoms with Crippen LogP contribution in [-0.2, 0) is 4.79 Å². The minimum Gasteiger partial charge on any atom is -0.429 e. The first kappa shape index (κ1) is 18.6. The molecule has 1 aromatic heterocycles. The normalized spacial score (nSPS) is 18.1. The molecule has 0 spiro atoms. The molecule has 2 heterocycles. The van der Waals surface area contributed by atoms with Crippen molar-refractivity contribution in [1.29, 1.82) is 0 Å². The first-order chi connectivity index (χ1) is 12.2. The molecular formula is C19H25N3O3S. The Hall–Kier alpha value is -2.15. The molecule has 2 amide bonds. The fraction of sp³-hybridized carbons (Fsp3) is 0.526. The molecule has 7 heteroatoms. The van der Waals surface area contributed by atoms with Crippen molar-refractivity contribution >= 4 is 35.1 Å². The Balaban J connectivity index is 1.65. The van der Waals surface area contributed by atoms with Gasteiger partial charge in [-0.05, 0) is 49.2 Å². The van der Waals surface area contributed by atoms with Gasteiger partial charge in [0, 0.05) is 30.6 Å². The number of likely N-dealkylation sites (tertiary alicyclic amines) is 1. The molecule has 3 rings (SSSR count). The standard InChI is InChI=1S/C19H25N3O3S/c1-19(2,3)17(24)20-10-12-5-4-8-22(11-12)16(23)13-6-7-14-15(9-13)25-18(26)21-14/h6-7,9,12H,4-5,8,10-11H2,1-3H3,(H,20,24)(H,21,26)/t12-/m0/s1. The molecule has 1 atom stereocenters. The monoisotopic (exact) mass is 375 g/mol. The van der Waals surface area contributed by atoms with Gasteiger partial charge in [0.1, 0.15) is 0 Å². The van der Waals surface area contributed by atoms with E-state index in [1.807, 2.05) is 31.7 Å². The predicted octanol–water partition coefficient (Wildman–Crippen LogP) is 3.50. The number of carbonyl (C=O) groups is 2. The highest BCUT2D eigenvalue weighted by atomic mass is 32.1. The summed E-state index contributed by atoms with van der Waals surface area (Å²) in [6.45, 7) is 7.68. The van der Waals surface area contributed by atoms with Crippen LogP contribution in [0.25, 0.3) is 11.1 Å². The van der Waals surface area contributed by atoms with E-state index in [-0.39, 0.29) is 17.7 Å². The fourth-order valence-corrected chi connectivity index (χ4v) is 3.38. The number of fused-ring (bicyclic) bond motifs is 1. The van der Waals surface area contributed by atoms with E-state index >= 15 is 0 Å². The summed E-state index contributed by atoms with van der Waals surface area (Å²) in [5, 5.41) is 3.01. The minimum atomic E-state index is -0.400. The summed E-state index contributed by atoms with van der Waals surface area (Å²) in [5.41, 5.74) is 1.57. The number of aromatic nitrogens is 1. The van der Waals surface area contributed by atoms with Crippen LogP contribution >= 0.6 is 12.2 Å². The van der Waals surface area contributed by atoms with E-state index in [0.29, 0.717) is 29.1 Å². The molecule has 0 radical (unpaired) electrons. The summed E-state index contributed by atoms with van der Waals surface area (Å²) >= 11 is 4.99. The van der Waals surface area contributed by atoms with Crippen LogP contribution in [0.15, 0.2) is 22.6 Å². The molecule has 1 aromatic carbocycles. The van der Waals surface area contributed by atoms with Gasteiger partial charge in [-0.25, -0.2) is 0 Å². The number of amides is 2. The van der Waals surface area contributed by atoms with Crippen LogP contribution in [-0.4, -0.2) is 41.3 Å². The van der Waals surface area contributed by atoms with Crippen LogP contribution in [0, 0.1) is 16.2 Å². The van der Waals surface area contributed by atoms with Crippen LogP contribution in [0.3, 0.4) is 0 Å². The van der Waals surface area contributed by atoms with Crippen molar-refractivity contribution in [3.05, 3.63) is 28.6 Å². The number of carbonyl (C=O) groups excluding carboxylic acids is 2. The van der Waals surface area contributed by atoms with Crippen LogP contribution in [0.1, 0.15) is 44.0 Å². The van der Waals surface area contributed by atoms with Gasteiger partial charge in [0.05, 0.1) is 5.52 Å². The number of piperidine rings is 1. The lowest BCUT2D eigenvalue weighted by Gasteiger charge is -2.33. The third kappa shape index (κ3) is 4.15. The van der Waals surface area contributed by atoms with Crippen molar-refractivity contribution in [3.63, 3.8) is 0 Å². The summed E-state index contributed by atoms with van der Waals surface area (Å²) in [6, 6.07) is 5.33. The molecule has 2 N–H and O–H groups in total. The van der Waals surface area contributed by atoms with Gasteiger partial charge in [0.15, 0.2) is 5.58 Å². The van der Waals surface area contributed by atoms with Crippen molar-refractivity contribution in [3.8, 4) is 0 Å². The van der Waals surface area contributed by atoms with Gasteiger partial charge in [0.25, 0.3) is 10.7 Å². The Morgan fingerprint density at radius 3 is 2.88 bits per heavy atom. The van der Waals surface area contributed by atoms with Gasteiger partial charge in [0.2, 0.25) is 5.91 Å². The lowest BCUT2D eigenvalue weighted by atomic mass is 9.94. The number of nitrogens with zero attached hydrogens (tertiary/aromatic N) is 1. The quantitative estimate of drug-likeness (QED) is 0.805. The third-order valence-corrected chi connectivity index (χ3v) is 4.89. The number of oxazole rings is 1. The van der Waals surface area contributed by atoms with Gasteiger partial charge in [-0.3, -0.25) is 9.59 Å². The highest BCUT2D eigenvalue weighted by molar-refractivity contribution is 7.71. The molecule has 1 aliphatic rings. The maximum atomic E-state index is 12.9. The van der Waals surface area contributed by atoms with Crippen molar-refractivity contribution in [1.82, 2.24) is 15.2 Å².